The van der Waals surface area contributed by atoms with E-state index in [4.69, 9.17) is 4.74 Å². The van der Waals surface area contributed by atoms with Crippen molar-refractivity contribution in [1.82, 2.24) is 4.98 Å². The number of rotatable bonds is 3. The van der Waals surface area contributed by atoms with Gasteiger partial charge in [-0.2, -0.15) is 0 Å². The van der Waals surface area contributed by atoms with E-state index in [1.165, 1.54) is 20.3 Å². The van der Waals surface area contributed by atoms with Gasteiger partial charge in [0.15, 0.2) is 0 Å². The van der Waals surface area contributed by atoms with E-state index >= 15 is 0 Å². The molecule has 74 valence electrons. The lowest BCUT2D eigenvalue weighted by Crippen LogP contribution is -1.94. The molecule has 0 N–H and O–H groups in total. The molecule has 1 rings (SSSR count). The molecule has 0 amide bonds. The fourth-order valence-corrected chi connectivity index (χ4v) is 0.927. The topological polar surface area (TPSA) is 48.4 Å². The zero-order valence-corrected chi connectivity index (χ0v) is 8.06. The number of nitrogens with zero attached hydrogens (tertiary/aromatic N) is 1. The van der Waals surface area contributed by atoms with Gasteiger partial charge in [-0.1, -0.05) is 0 Å². The maximum atomic E-state index is 10.8. The van der Waals surface area contributed by atoms with E-state index in [1.807, 2.05) is 0 Å². The van der Waals surface area contributed by atoms with E-state index < -0.39 is 5.97 Å². The highest BCUT2D eigenvalue weighted by atomic mass is 16.5. The van der Waals surface area contributed by atoms with Crippen LogP contribution in [0.4, 0.5) is 0 Å². The first-order valence-electron chi connectivity index (χ1n) is 4.03. The van der Waals surface area contributed by atoms with Gasteiger partial charge in [-0.3, -0.25) is 0 Å². The zero-order valence-electron chi connectivity index (χ0n) is 8.06. The van der Waals surface area contributed by atoms with E-state index in [0.717, 1.165) is 5.56 Å². The van der Waals surface area contributed by atoms with Gasteiger partial charge in [-0.15, -0.1) is 0 Å². The Labute approximate surface area is 82.2 Å². The van der Waals surface area contributed by atoms with Crippen LogP contribution >= 0.6 is 0 Å². The molecule has 0 unspecified atom stereocenters. The van der Waals surface area contributed by atoms with Gasteiger partial charge in [-0.25, -0.2) is 9.78 Å². The molecular weight excluding hydrogens is 182 g/mol. The second-order valence-corrected chi connectivity index (χ2v) is 2.46. The lowest BCUT2D eigenvalue weighted by Gasteiger charge is -2.01. The van der Waals surface area contributed by atoms with Crippen LogP contribution in [0.15, 0.2) is 24.4 Å². The quantitative estimate of drug-likeness (QED) is 0.536. The summed E-state index contributed by atoms with van der Waals surface area (Å²) in [5.74, 6) is 0.0727. The van der Waals surface area contributed by atoms with Crippen LogP contribution in [-0.2, 0) is 9.53 Å². The Kier molecular flexibility index (Phi) is 3.67. The summed E-state index contributed by atoms with van der Waals surface area (Å²) < 4.78 is 9.46. The predicted octanol–water partition coefficient (Wildman–Crippen LogP) is 1.28. The van der Waals surface area contributed by atoms with Crippen LogP contribution in [0.2, 0.25) is 0 Å². The molecule has 14 heavy (non-hydrogen) atoms. The zero-order chi connectivity index (χ0) is 10.4. The predicted molar refractivity (Wildman–Crippen MR) is 51.8 cm³/mol. The Morgan fingerprint density at radius 3 is 2.93 bits per heavy atom. The number of aromatic nitrogens is 1. The molecule has 0 spiro atoms. The molecule has 1 aromatic rings. The molecule has 0 saturated heterocycles. The Hall–Kier alpha value is -1.84. The van der Waals surface area contributed by atoms with Crippen molar-refractivity contribution >= 4 is 12.0 Å². The molecule has 4 heteroatoms. The fourth-order valence-electron chi connectivity index (χ4n) is 0.927. The highest BCUT2D eigenvalue weighted by Gasteiger charge is 1.99. The van der Waals surface area contributed by atoms with Gasteiger partial charge >= 0.3 is 5.97 Å². The number of hydrogen-bond donors (Lipinski definition) is 0. The SMILES string of the molecule is COC(=O)C=Cc1cccnc1OC. The van der Waals surface area contributed by atoms with Crippen molar-refractivity contribution in [3.8, 4) is 5.88 Å². The van der Waals surface area contributed by atoms with Gasteiger partial charge in [-0.05, 0) is 18.2 Å². The normalized spacial score (nSPS) is 10.1. The summed E-state index contributed by atoms with van der Waals surface area (Å²) in [5, 5.41) is 0. The highest BCUT2D eigenvalue weighted by Crippen LogP contribution is 2.14. The molecule has 0 atom stereocenters. The first-order chi connectivity index (χ1) is 6.77. The van der Waals surface area contributed by atoms with E-state index in [9.17, 15) is 4.79 Å². The summed E-state index contributed by atoms with van der Waals surface area (Å²) in [6.07, 6.45) is 4.53. The molecule has 1 heterocycles. The molecule has 0 aliphatic rings. The monoisotopic (exact) mass is 193 g/mol. The van der Waals surface area contributed by atoms with Crippen molar-refractivity contribution in [1.29, 1.82) is 0 Å². The van der Waals surface area contributed by atoms with Crippen molar-refractivity contribution in [2.24, 2.45) is 0 Å². The molecule has 0 saturated carbocycles. The molecule has 4 nitrogen and oxygen atoms in total. The van der Waals surface area contributed by atoms with Crippen molar-refractivity contribution in [2.75, 3.05) is 14.2 Å². The maximum absolute atomic E-state index is 10.8. The van der Waals surface area contributed by atoms with Crippen molar-refractivity contribution in [2.45, 2.75) is 0 Å². The molecule has 0 fully saturated rings. The van der Waals surface area contributed by atoms with Crippen molar-refractivity contribution in [3.05, 3.63) is 30.0 Å². The minimum atomic E-state index is -0.407. The maximum Gasteiger partial charge on any atom is 0.330 e. The van der Waals surface area contributed by atoms with E-state index in [0.29, 0.717) is 5.88 Å². The number of ether oxygens (including phenoxy) is 2. The number of carbonyl (C=O) groups excluding carboxylic acids is 1. The molecular formula is C10H11NO3. The third kappa shape index (κ3) is 2.58. The molecule has 0 aromatic carbocycles. The van der Waals surface area contributed by atoms with Gasteiger partial charge in [0.2, 0.25) is 5.88 Å². The number of hydrogen-bond acceptors (Lipinski definition) is 4. The summed E-state index contributed by atoms with van der Waals surface area (Å²) >= 11 is 0. The smallest absolute Gasteiger partial charge is 0.330 e. The molecule has 0 radical (unpaired) electrons. The van der Waals surface area contributed by atoms with E-state index in [1.54, 1.807) is 24.4 Å². The molecule has 0 bridgehead atoms. The fraction of sp³-hybridized carbons (Fsp3) is 0.200. The minimum Gasteiger partial charge on any atom is -0.481 e. The Bertz CT molecular complexity index is 347. The van der Waals surface area contributed by atoms with Gasteiger partial charge in [0.1, 0.15) is 0 Å². The van der Waals surface area contributed by atoms with Crippen LogP contribution in [0.5, 0.6) is 5.88 Å². The average molecular weight is 193 g/mol. The summed E-state index contributed by atoms with van der Waals surface area (Å²) in [5.41, 5.74) is 0.736. The Morgan fingerprint density at radius 2 is 2.29 bits per heavy atom. The van der Waals surface area contributed by atoms with Crippen molar-refractivity contribution < 1.29 is 14.3 Å². The number of methoxy groups -OCH3 is 2. The molecule has 0 aliphatic heterocycles. The third-order valence-corrected chi connectivity index (χ3v) is 1.59. The summed E-state index contributed by atoms with van der Waals surface area (Å²) in [7, 11) is 2.85. The second kappa shape index (κ2) is 5.01. The largest absolute Gasteiger partial charge is 0.481 e. The van der Waals surface area contributed by atoms with Crippen LogP contribution in [-0.4, -0.2) is 25.2 Å². The number of pyridine rings is 1. The van der Waals surface area contributed by atoms with E-state index in [-0.39, 0.29) is 0 Å². The van der Waals surface area contributed by atoms with Crippen LogP contribution in [0.1, 0.15) is 5.56 Å². The van der Waals surface area contributed by atoms with Crippen LogP contribution in [0.3, 0.4) is 0 Å². The van der Waals surface area contributed by atoms with Crippen LogP contribution in [0, 0.1) is 0 Å². The van der Waals surface area contributed by atoms with Gasteiger partial charge in [0.25, 0.3) is 0 Å². The minimum absolute atomic E-state index is 0.407. The van der Waals surface area contributed by atoms with Crippen molar-refractivity contribution in [3.63, 3.8) is 0 Å². The average Bonchev–Trinajstić information content (AvgIpc) is 2.26. The molecule has 1 aromatic heterocycles. The Balaban J connectivity index is 2.85. The first-order valence-corrected chi connectivity index (χ1v) is 4.03. The van der Waals surface area contributed by atoms with Crippen LogP contribution < -0.4 is 4.74 Å². The highest BCUT2D eigenvalue weighted by molar-refractivity contribution is 5.87. The van der Waals surface area contributed by atoms with E-state index in [2.05, 4.69) is 9.72 Å². The number of esters is 1. The first kappa shape index (κ1) is 10.2. The van der Waals surface area contributed by atoms with Crippen LogP contribution in [0.25, 0.3) is 6.08 Å². The summed E-state index contributed by atoms with van der Waals surface area (Å²) in [6.45, 7) is 0. The summed E-state index contributed by atoms with van der Waals surface area (Å²) in [4.78, 5) is 14.8. The van der Waals surface area contributed by atoms with Gasteiger partial charge < -0.3 is 9.47 Å². The van der Waals surface area contributed by atoms with Gasteiger partial charge in [0.05, 0.1) is 14.2 Å². The second-order valence-electron chi connectivity index (χ2n) is 2.46. The Morgan fingerprint density at radius 1 is 1.50 bits per heavy atom. The lowest BCUT2D eigenvalue weighted by molar-refractivity contribution is -0.134. The third-order valence-electron chi connectivity index (χ3n) is 1.59. The standard InChI is InChI=1S/C10H11NO3/c1-13-9(12)6-5-8-4-3-7-11-10(8)14-2/h3-7H,1-2H3. The lowest BCUT2D eigenvalue weighted by atomic mass is 10.2. The van der Waals surface area contributed by atoms with Gasteiger partial charge in [0, 0.05) is 17.8 Å². The molecule has 0 aliphatic carbocycles. The number of carbonyl (C=O) groups is 1. The summed E-state index contributed by atoms with van der Waals surface area (Å²) in [6, 6.07) is 3.56.